The summed E-state index contributed by atoms with van der Waals surface area (Å²) < 4.78 is 0. The zero-order valence-corrected chi connectivity index (χ0v) is 19.3. The zero-order valence-electron chi connectivity index (χ0n) is 17.8. The first-order chi connectivity index (χ1) is 15.6. The lowest BCUT2D eigenvalue weighted by Gasteiger charge is -2.22. The third-order valence-electron chi connectivity index (χ3n) is 5.62. The van der Waals surface area contributed by atoms with Crippen molar-refractivity contribution in [3.8, 4) is 11.1 Å². The van der Waals surface area contributed by atoms with E-state index in [2.05, 4.69) is 5.32 Å². The van der Waals surface area contributed by atoms with Gasteiger partial charge in [0.1, 0.15) is 5.54 Å². The van der Waals surface area contributed by atoms with Crippen LogP contribution >= 0.6 is 23.2 Å². The summed E-state index contributed by atoms with van der Waals surface area (Å²) in [6.45, 7) is 3.36. The molecule has 0 saturated carbocycles. The van der Waals surface area contributed by atoms with E-state index >= 15 is 0 Å². The van der Waals surface area contributed by atoms with E-state index in [-0.39, 0.29) is 12.1 Å². The molecule has 0 radical (unpaired) electrons. The number of amides is 3. The Bertz CT molecular complexity index is 1270. The number of anilines is 1. The van der Waals surface area contributed by atoms with Gasteiger partial charge in [0.05, 0.1) is 10.6 Å². The Morgan fingerprint density at radius 3 is 2.18 bits per heavy atom. The van der Waals surface area contributed by atoms with Crippen molar-refractivity contribution in [3.05, 3.63) is 92.0 Å². The largest absolute Gasteiger partial charge is 0.329 e. The van der Waals surface area contributed by atoms with E-state index in [1.165, 1.54) is 18.2 Å². The van der Waals surface area contributed by atoms with Gasteiger partial charge in [-0.25, -0.2) is 9.69 Å². The lowest BCUT2D eigenvalue weighted by molar-refractivity contribution is -0.385. The molecule has 1 aliphatic heterocycles. The van der Waals surface area contributed by atoms with Crippen LogP contribution in [0.25, 0.3) is 11.1 Å². The minimum Gasteiger partial charge on any atom is -0.323 e. The van der Waals surface area contributed by atoms with Crippen LogP contribution in [0.4, 0.5) is 16.2 Å². The van der Waals surface area contributed by atoms with Crippen LogP contribution in [0.3, 0.4) is 0 Å². The molecule has 0 spiro atoms. The maximum Gasteiger partial charge on any atom is 0.329 e. The Kier molecular flexibility index (Phi) is 5.86. The molecule has 1 atom stereocenters. The van der Waals surface area contributed by atoms with Crippen molar-refractivity contribution < 1.29 is 14.5 Å². The maximum absolute atomic E-state index is 13.2. The van der Waals surface area contributed by atoms with Crippen molar-refractivity contribution >= 4 is 46.5 Å². The first-order valence-corrected chi connectivity index (χ1v) is 10.8. The molecule has 0 bridgehead atoms. The smallest absolute Gasteiger partial charge is 0.323 e. The highest BCUT2D eigenvalue weighted by Gasteiger charge is 2.48. The Morgan fingerprint density at radius 2 is 1.58 bits per heavy atom. The summed E-state index contributed by atoms with van der Waals surface area (Å²) in [7, 11) is 0. The molecule has 1 saturated heterocycles. The summed E-state index contributed by atoms with van der Waals surface area (Å²) in [6, 6.07) is 16.4. The van der Waals surface area contributed by atoms with Crippen LogP contribution in [0.2, 0.25) is 10.0 Å². The van der Waals surface area contributed by atoms with Gasteiger partial charge in [0.15, 0.2) is 0 Å². The van der Waals surface area contributed by atoms with Gasteiger partial charge in [-0.2, -0.15) is 0 Å². The Balaban J connectivity index is 1.57. The van der Waals surface area contributed by atoms with Gasteiger partial charge in [-0.1, -0.05) is 59.6 Å². The second-order valence-electron chi connectivity index (χ2n) is 8.16. The molecule has 0 aliphatic carbocycles. The second kappa shape index (κ2) is 8.50. The SMILES string of the molecule is Cc1ccc(-c2ccc(CC3(C)NC(=O)N(c4cc(Cl)cc(Cl)c4)C3=O)cc2)cc1[N+](=O)[O-]. The lowest BCUT2D eigenvalue weighted by Crippen LogP contribution is -2.46. The Labute approximate surface area is 200 Å². The van der Waals surface area contributed by atoms with Gasteiger partial charge in [0, 0.05) is 28.1 Å². The first-order valence-electron chi connectivity index (χ1n) is 10.0. The van der Waals surface area contributed by atoms with E-state index in [0.29, 0.717) is 21.3 Å². The van der Waals surface area contributed by atoms with Crippen molar-refractivity contribution in [3.63, 3.8) is 0 Å². The molecule has 4 rings (SSSR count). The number of nitrogens with zero attached hydrogens (tertiary/aromatic N) is 2. The number of imide groups is 1. The predicted octanol–water partition coefficient (Wildman–Crippen LogP) is 5.93. The number of benzene rings is 3. The molecular weight excluding hydrogens is 465 g/mol. The van der Waals surface area contributed by atoms with Gasteiger partial charge in [0.2, 0.25) is 0 Å². The van der Waals surface area contributed by atoms with E-state index in [1.54, 1.807) is 26.0 Å². The third-order valence-corrected chi connectivity index (χ3v) is 6.05. The second-order valence-corrected chi connectivity index (χ2v) is 9.04. The topological polar surface area (TPSA) is 92.6 Å². The van der Waals surface area contributed by atoms with Crippen molar-refractivity contribution in [2.45, 2.75) is 25.8 Å². The molecule has 1 aliphatic rings. The molecular formula is C24H19Cl2N3O4. The summed E-state index contributed by atoms with van der Waals surface area (Å²) >= 11 is 12.1. The van der Waals surface area contributed by atoms with Gasteiger partial charge < -0.3 is 5.32 Å². The number of nitro benzene ring substituents is 1. The van der Waals surface area contributed by atoms with E-state index < -0.39 is 22.4 Å². The Hall–Kier alpha value is -3.42. The van der Waals surface area contributed by atoms with Gasteiger partial charge in [-0.05, 0) is 48.7 Å². The highest BCUT2D eigenvalue weighted by Crippen LogP contribution is 2.32. The Morgan fingerprint density at radius 1 is 0.970 bits per heavy atom. The average Bonchev–Trinajstić information content (AvgIpc) is 2.96. The van der Waals surface area contributed by atoms with Crippen molar-refractivity contribution in [2.24, 2.45) is 0 Å². The number of nitro groups is 1. The molecule has 0 aromatic heterocycles. The predicted molar refractivity (Wildman–Crippen MR) is 128 cm³/mol. The monoisotopic (exact) mass is 483 g/mol. The molecule has 33 heavy (non-hydrogen) atoms. The van der Waals surface area contributed by atoms with E-state index in [9.17, 15) is 19.7 Å². The summed E-state index contributed by atoms with van der Waals surface area (Å²) in [5, 5.41) is 14.6. The number of rotatable bonds is 5. The number of nitrogens with one attached hydrogen (secondary N) is 1. The number of aryl methyl sites for hydroxylation is 1. The molecule has 168 valence electrons. The van der Waals surface area contributed by atoms with Crippen LogP contribution in [-0.2, 0) is 11.2 Å². The van der Waals surface area contributed by atoms with Crippen LogP contribution in [0, 0.1) is 17.0 Å². The number of carbonyl (C=O) groups excluding carboxylic acids is 2. The minimum absolute atomic E-state index is 0.0598. The van der Waals surface area contributed by atoms with E-state index in [1.807, 2.05) is 30.3 Å². The highest BCUT2D eigenvalue weighted by molar-refractivity contribution is 6.35. The minimum atomic E-state index is -1.16. The quantitative estimate of drug-likeness (QED) is 0.276. The highest BCUT2D eigenvalue weighted by atomic mass is 35.5. The number of hydrogen-bond acceptors (Lipinski definition) is 4. The lowest BCUT2D eigenvalue weighted by atomic mass is 9.91. The summed E-state index contributed by atoms with van der Waals surface area (Å²) in [6.07, 6.45) is 0.261. The van der Waals surface area contributed by atoms with Gasteiger partial charge in [-0.15, -0.1) is 0 Å². The zero-order chi connectivity index (χ0) is 23.9. The summed E-state index contributed by atoms with van der Waals surface area (Å²) in [5.74, 6) is -0.413. The summed E-state index contributed by atoms with van der Waals surface area (Å²) in [5.41, 5.74) is 2.15. The fourth-order valence-corrected chi connectivity index (χ4v) is 4.43. The van der Waals surface area contributed by atoms with Crippen LogP contribution in [0.5, 0.6) is 0 Å². The number of halogens is 2. The fraction of sp³-hybridized carbons (Fsp3) is 0.167. The number of hydrogen-bond donors (Lipinski definition) is 1. The van der Waals surface area contributed by atoms with Gasteiger partial charge in [-0.3, -0.25) is 14.9 Å². The van der Waals surface area contributed by atoms with Crippen LogP contribution in [0.15, 0.2) is 60.7 Å². The average molecular weight is 484 g/mol. The van der Waals surface area contributed by atoms with E-state index in [0.717, 1.165) is 21.6 Å². The normalized spacial score (nSPS) is 17.9. The molecule has 1 unspecified atom stereocenters. The van der Waals surface area contributed by atoms with E-state index in [4.69, 9.17) is 23.2 Å². The van der Waals surface area contributed by atoms with Crippen LogP contribution in [-0.4, -0.2) is 22.4 Å². The molecule has 1 fully saturated rings. The van der Waals surface area contributed by atoms with Crippen molar-refractivity contribution in [2.75, 3.05) is 4.90 Å². The number of carbonyl (C=O) groups is 2. The molecule has 1 heterocycles. The van der Waals surface area contributed by atoms with Crippen LogP contribution in [0.1, 0.15) is 18.1 Å². The van der Waals surface area contributed by atoms with Crippen molar-refractivity contribution in [1.29, 1.82) is 0 Å². The molecule has 1 N–H and O–H groups in total. The number of urea groups is 1. The molecule has 7 nitrogen and oxygen atoms in total. The summed E-state index contributed by atoms with van der Waals surface area (Å²) in [4.78, 5) is 37.7. The third kappa shape index (κ3) is 4.42. The first kappa shape index (κ1) is 22.8. The molecule has 3 aromatic rings. The molecule has 9 heteroatoms. The van der Waals surface area contributed by atoms with Crippen LogP contribution < -0.4 is 10.2 Å². The molecule has 3 aromatic carbocycles. The van der Waals surface area contributed by atoms with Gasteiger partial charge in [0.25, 0.3) is 11.6 Å². The standard InChI is InChI=1S/C24H19Cl2N3O4/c1-14-3-6-17(9-21(14)29(32)33)16-7-4-15(5-8-16)13-24(2)22(30)28(23(31)27-24)20-11-18(25)10-19(26)12-20/h3-12H,13H2,1-2H3,(H,27,31). The van der Waals surface area contributed by atoms with Gasteiger partial charge >= 0.3 is 6.03 Å². The maximum atomic E-state index is 13.2. The fourth-order valence-electron chi connectivity index (χ4n) is 3.92. The van der Waals surface area contributed by atoms with Crippen molar-refractivity contribution in [1.82, 2.24) is 5.32 Å². The molecule has 3 amide bonds.